The van der Waals surface area contributed by atoms with Crippen molar-refractivity contribution < 1.29 is 9.90 Å². The molecule has 2 fully saturated rings. The van der Waals surface area contributed by atoms with E-state index >= 15 is 0 Å². The minimum atomic E-state index is -0.894. The van der Waals surface area contributed by atoms with Crippen LogP contribution >= 0.6 is 0 Å². The van der Waals surface area contributed by atoms with Crippen LogP contribution in [0.4, 0.5) is 4.79 Å². The summed E-state index contributed by atoms with van der Waals surface area (Å²) in [6, 6.07) is 0.552. The third kappa shape index (κ3) is 1.53. The lowest BCUT2D eigenvalue weighted by Gasteiger charge is -2.18. The average molecular weight is 170 g/mol. The summed E-state index contributed by atoms with van der Waals surface area (Å²) in [5.41, 5.74) is 0. The van der Waals surface area contributed by atoms with Crippen molar-refractivity contribution in [1.29, 1.82) is 0 Å². The molecule has 0 bridgehead atoms. The third-order valence-corrected chi connectivity index (χ3v) is 2.71. The summed E-state index contributed by atoms with van der Waals surface area (Å²) in [6.45, 7) is 0.951. The average Bonchev–Trinajstić information content (AvgIpc) is 2.73. The van der Waals surface area contributed by atoms with Crippen LogP contribution in [-0.4, -0.2) is 29.8 Å². The van der Waals surface area contributed by atoms with Crippen molar-refractivity contribution in [2.24, 2.45) is 5.92 Å². The molecule has 4 nitrogen and oxygen atoms in total. The van der Waals surface area contributed by atoms with Crippen LogP contribution in [0.5, 0.6) is 0 Å². The minimum Gasteiger partial charge on any atom is -0.465 e. The summed E-state index contributed by atoms with van der Waals surface area (Å²) in [5.74, 6) is 0.726. The summed E-state index contributed by atoms with van der Waals surface area (Å²) in [6.07, 6.45) is 2.56. The van der Waals surface area contributed by atoms with Crippen molar-refractivity contribution >= 4 is 6.09 Å². The van der Waals surface area contributed by atoms with Crippen LogP contribution in [0, 0.1) is 5.92 Å². The summed E-state index contributed by atoms with van der Waals surface area (Å²) < 4.78 is 0. The lowest BCUT2D eigenvalue weighted by molar-refractivity contribution is 0.188. The maximum absolute atomic E-state index is 10.4. The predicted molar refractivity (Wildman–Crippen MR) is 44.1 cm³/mol. The Balaban J connectivity index is 1.89. The second kappa shape index (κ2) is 2.94. The van der Waals surface area contributed by atoms with Gasteiger partial charge in [0.2, 0.25) is 0 Å². The Hall–Kier alpha value is -0.770. The van der Waals surface area contributed by atoms with Gasteiger partial charge in [-0.3, -0.25) is 0 Å². The molecule has 1 saturated heterocycles. The Morgan fingerprint density at radius 3 is 2.75 bits per heavy atom. The molecule has 4 heteroatoms. The van der Waals surface area contributed by atoms with Crippen LogP contribution in [0.3, 0.4) is 0 Å². The van der Waals surface area contributed by atoms with Crippen molar-refractivity contribution in [1.82, 2.24) is 10.6 Å². The van der Waals surface area contributed by atoms with E-state index in [4.69, 9.17) is 5.11 Å². The largest absolute Gasteiger partial charge is 0.465 e. The molecule has 0 radical (unpaired) electrons. The molecule has 3 N–H and O–H groups in total. The standard InChI is InChI=1S/C8H14N2O2/c11-8(12)10-6-3-4-9-7(6)5-1-2-5/h5-7,9-10H,1-4H2,(H,11,12)/t6-,7+/m0/s1. The van der Waals surface area contributed by atoms with Crippen molar-refractivity contribution in [3.63, 3.8) is 0 Å². The topological polar surface area (TPSA) is 61.4 Å². The van der Waals surface area contributed by atoms with Crippen LogP contribution in [0.2, 0.25) is 0 Å². The van der Waals surface area contributed by atoms with Crippen molar-refractivity contribution in [3.05, 3.63) is 0 Å². The van der Waals surface area contributed by atoms with Gasteiger partial charge in [0.25, 0.3) is 0 Å². The van der Waals surface area contributed by atoms with Gasteiger partial charge in [0.05, 0.1) is 0 Å². The van der Waals surface area contributed by atoms with E-state index in [2.05, 4.69) is 10.6 Å². The van der Waals surface area contributed by atoms with Crippen LogP contribution in [-0.2, 0) is 0 Å². The third-order valence-electron chi connectivity index (χ3n) is 2.71. The first-order chi connectivity index (χ1) is 5.77. The van der Waals surface area contributed by atoms with Gasteiger partial charge in [-0.05, 0) is 31.7 Å². The molecule has 68 valence electrons. The first-order valence-corrected chi connectivity index (χ1v) is 4.50. The molecule has 0 aromatic carbocycles. The Morgan fingerprint density at radius 2 is 2.17 bits per heavy atom. The normalized spacial score (nSPS) is 35.0. The van der Waals surface area contributed by atoms with E-state index in [1.54, 1.807) is 0 Å². The first-order valence-electron chi connectivity index (χ1n) is 4.50. The van der Waals surface area contributed by atoms with E-state index in [1.807, 2.05) is 0 Å². The highest BCUT2D eigenvalue weighted by atomic mass is 16.4. The van der Waals surface area contributed by atoms with Crippen LogP contribution in [0.15, 0.2) is 0 Å². The fraction of sp³-hybridized carbons (Fsp3) is 0.875. The molecule has 2 rings (SSSR count). The summed E-state index contributed by atoms with van der Waals surface area (Å²) in [5, 5.41) is 14.5. The lowest BCUT2D eigenvalue weighted by Crippen LogP contribution is -2.44. The van der Waals surface area contributed by atoms with Gasteiger partial charge in [-0.15, -0.1) is 0 Å². The predicted octanol–water partition coefficient (Wildman–Crippen LogP) is 0.394. The molecule has 1 aliphatic heterocycles. The summed E-state index contributed by atoms with van der Waals surface area (Å²) in [7, 11) is 0. The molecule has 1 amide bonds. The monoisotopic (exact) mass is 170 g/mol. The molecule has 0 aromatic rings. The number of hydrogen-bond acceptors (Lipinski definition) is 2. The number of carboxylic acid groups (broad SMARTS) is 1. The number of rotatable bonds is 2. The number of carbonyl (C=O) groups is 1. The van der Waals surface area contributed by atoms with Crippen LogP contribution < -0.4 is 10.6 Å². The fourth-order valence-corrected chi connectivity index (χ4v) is 2.00. The molecule has 2 atom stereocenters. The first kappa shape index (κ1) is 7.86. The van der Waals surface area contributed by atoms with Crippen molar-refractivity contribution in [3.8, 4) is 0 Å². The zero-order valence-electron chi connectivity index (χ0n) is 6.92. The summed E-state index contributed by atoms with van der Waals surface area (Å²) in [4.78, 5) is 10.4. The molecule has 1 aliphatic carbocycles. The highest BCUT2D eigenvalue weighted by molar-refractivity contribution is 5.65. The maximum Gasteiger partial charge on any atom is 0.404 e. The zero-order chi connectivity index (χ0) is 8.55. The second-order valence-corrected chi connectivity index (χ2v) is 3.66. The lowest BCUT2D eigenvalue weighted by atomic mass is 10.1. The minimum absolute atomic E-state index is 0.148. The number of amides is 1. The molecule has 1 heterocycles. The Bertz CT molecular complexity index is 191. The highest BCUT2D eigenvalue weighted by Crippen LogP contribution is 2.36. The van der Waals surface area contributed by atoms with E-state index < -0.39 is 6.09 Å². The SMILES string of the molecule is O=C(O)N[C@H]1CCN[C@@H]1C1CC1. The van der Waals surface area contributed by atoms with Gasteiger partial charge >= 0.3 is 6.09 Å². The van der Waals surface area contributed by atoms with Gasteiger partial charge in [-0.25, -0.2) is 4.79 Å². The second-order valence-electron chi connectivity index (χ2n) is 3.66. The fourth-order valence-electron chi connectivity index (χ4n) is 2.00. The Kier molecular flexibility index (Phi) is 1.92. The molecule has 0 unspecified atom stereocenters. The van der Waals surface area contributed by atoms with E-state index in [1.165, 1.54) is 12.8 Å². The molecule has 0 spiro atoms. The van der Waals surface area contributed by atoms with Gasteiger partial charge in [-0.1, -0.05) is 0 Å². The number of hydrogen-bond donors (Lipinski definition) is 3. The maximum atomic E-state index is 10.4. The molecule has 1 saturated carbocycles. The van der Waals surface area contributed by atoms with Gasteiger partial charge in [0, 0.05) is 12.1 Å². The molecule has 2 aliphatic rings. The van der Waals surface area contributed by atoms with E-state index in [0.29, 0.717) is 6.04 Å². The molecular formula is C8H14N2O2. The van der Waals surface area contributed by atoms with E-state index in [-0.39, 0.29) is 6.04 Å². The highest BCUT2D eigenvalue weighted by Gasteiger charge is 2.39. The van der Waals surface area contributed by atoms with Crippen molar-refractivity contribution in [2.45, 2.75) is 31.3 Å². The quantitative estimate of drug-likeness (QED) is 0.562. The molecule has 12 heavy (non-hydrogen) atoms. The van der Waals surface area contributed by atoms with Crippen LogP contribution in [0.25, 0.3) is 0 Å². The van der Waals surface area contributed by atoms with E-state index in [9.17, 15) is 4.79 Å². The summed E-state index contributed by atoms with van der Waals surface area (Å²) >= 11 is 0. The van der Waals surface area contributed by atoms with Gasteiger partial charge in [0.15, 0.2) is 0 Å². The van der Waals surface area contributed by atoms with Gasteiger partial charge in [-0.2, -0.15) is 0 Å². The van der Waals surface area contributed by atoms with Crippen molar-refractivity contribution in [2.75, 3.05) is 6.54 Å². The Labute approximate surface area is 71.3 Å². The van der Waals surface area contributed by atoms with E-state index in [0.717, 1.165) is 18.9 Å². The molecular weight excluding hydrogens is 156 g/mol. The van der Waals surface area contributed by atoms with Crippen LogP contribution in [0.1, 0.15) is 19.3 Å². The zero-order valence-corrected chi connectivity index (χ0v) is 6.92. The smallest absolute Gasteiger partial charge is 0.404 e. The van der Waals surface area contributed by atoms with Gasteiger partial charge < -0.3 is 15.7 Å². The van der Waals surface area contributed by atoms with Gasteiger partial charge in [0.1, 0.15) is 0 Å². The molecule has 0 aromatic heterocycles. The Morgan fingerprint density at radius 1 is 1.42 bits per heavy atom. The number of nitrogens with one attached hydrogen (secondary N) is 2.